The molecule has 1 aromatic carbocycles. The summed E-state index contributed by atoms with van der Waals surface area (Å²) in [6.45, 7) is 4.12. The van der Waals surface area contributed by atoms with Gasteiger partial charge in [0.15, 0.2) is 0 Å². The summed E-state index contributed by atoms with van der Waals surface area (Å²) in [5.74, 6) is 0.910. The van der Waals surface area contributed by atoms with Crippen LogP contribution >= 0.6 is 11.6 Å². The van der Waals surface area contributed by atoms with E-state index >= 15 is 0 Å². The molecular weight excluding hydrogens is 346 g/mol. The van der Waals surface area contributed by atoms with Crippen LogP contribution in [-0.4, -0.2) is 35.5 Å². The van der Waals surface area contributed by atoms with Gasteiger partial charge in [0.05, 0.1) is 17.1 Å². The van der Waals surface area contributed by atoms with Crippen molar-refractivity contribution in [3.8, 4) is 0 Å². The Morgan fingerprint density at radius 1 is 1.08 bits per heavy atom. The normalized spacial score (nSPS) is 17.8. The Kier molecular flexibility index (Phi) is 5.00. The maximum atomic E-state index is 6.12. The molecule has 0 spiro atoms. The van der Waals surface area contributed by atoms with Crippen LogP contribution in [0.2, 0.25) is 5.02 Å². The molecule has 5 nitrogen and oxygen atoms in total. The molecule has 26 heavy (non-hydrogen) atoms. The molecule has 1 fully saturated rings. The fourth-order valence-corrected chi connectivity index (χ4v) is 3.44. The molecule has 0 unspecified atom stereocenters. The first-order valence-electron chi connectivity index (χ1n) is 9.03. The van der Waals surface area contributed by atoms with Gasteiger partial charge in [-0.1, -0.05) is 23.7 Å². The minimum atomic E-state index is 0.480. The number of aromatic nitrogens is 1. The second kappa shape index (κ2) is 7.56. The molecular formula is C20H22ClN5. The lowest BCUT2D eigenvalue weighted by atomic mass is 10.0. The van der Waals surface area contributed by atoms with Gasteiger partial charge >= 0.3 is 0 Å². The maximum Gasteiger partial charge on any atom is 0.126 e. The minimum absolute atomic E-state index is 0.480. The van der Waals surface area contributed by atoms with Crippen molar-refractivity contribution in [2.45, 2.75) is 32.2 Å². The van der Waals surface area contributed by atoms with Crippen molar-refractivity contribution in [3.05, 3.63) is 58.2 Å². The highest BCUT2D eigenvalue weighted by molar-refractivity contribution is 6.31. The zero-order chi connectivity index (χ0) is 17.9. The fourth-order valence-electron chi connectivity index (χ4n) is 3.33. The van der Waals surface area contributed by atoms with Gasteiger partial charge in [-0.2, -0.15) is 10.2 Å². The SMILES string of the molecule is Cc1cc(C2=NN=C(c3cccc(NC4CCNCC4)n3)C2)ccc1Cl. The molecule has 1 aromatic heterocycles. The van der Waals surface area contributed by atoms with E-state index < -0.39 is 0 Å². The molecule has 1 saturated heterocycles. The first-order chi connectivity index (χ1) is 12.7. The second-order valence-corrected chi connectivity index (χ2v) is 7.22. The lowest BCUT2D eigenvalue weighted by Crippen LogP contribution is -2.35. The number of anilines is 1. The first kappa shape index (κ1) is 17.2. The van der Waals surface area contributed by atoms with Gasteiger partial charge in [0.1, 0.15) is 5.82 Å². The molecule has 0 atom stereocenters. The van der Waals surface area contributed by atoms with Crippen molar-refractivity contribution < 1.29 is 0 Å². The number of hydrogen-bond acceptors (Lipinski definition) is 5. The molecule has 0 aliphatic carbocycles. The summed E-state index contributed by atoms with van der Waals surface area (Å²) in [7, 11) is 0. The van der Waals surface area contributed by atoms with E-state index in [0.29, 0.717) is 12.5 Å². The Bertz CT molecular complexity index is 868. The zero-order valence-corrected chi connectivity index (χ0v) is 15.6. The van der Waals surface area contributed by atoms with E-state index in [-0.39, 0.29) is 0 Å². The number of aryl methyl sites for hydroxylation is 1. The Morgan fingerprint density at radius 2 is 1.88 bits per heavy atom. The molecule has 2 aliphatic heterocycles. The number of benzene rings is 1. The van der Waals surface area contributed by atoms with Crippen LogP contribution < -0.4 is 10.6 Å². The number of nitrogens with one attached hydrogen (secondary N) is 2. The van der Waals surface area contributed by atoms with E-state index in [1.807, 2.05) is 37.3 Å². The lowest BCUT2D eigenvalue weighted by Gasteiger charge is -2.24. The highest BCUT2D eigenvalue weighted by atomic mass is 35.5. The second-order valence-electron chi connectivity index (χ2n) is 6.81. The minimum Gasteiger partial charge on any atom is -0.367 e. The third-order valence-corrected chi connectivity index (χ3v) is 5.28. The van der Waals surface area contributed by atoms with E-state index in [1.165, 1.54) is 0 Å². The molecule has 134 valence electrons. The zero-order valence-electron chi connectivity index (χ0n) is 14.8. The number of halogens is 1. The average Bonchev–Trinajstić information content (AvgIpc) is 3.15. The topological polar surface area (TPSA) is 61.7 Å². The third kappa shape index (κ3) is 3.79. The molecule has 2 aliphatic rings. The largest absolute Gasteiger partial charge is 0.367 e. The van der Waals surface area contributed by atoms with Crippen molar-refractivity contribution in [1.29, 1.82) is 0 Å². The van der Waals surface area contributed by atoms with Crippen LogP contribution in [0.4, 0.5) is 5.82 Å². The highest BCUT2D eigenvalue weighted by Gasteiger charge is 2.19. The lowest BCUT2D eigenvalue weighted by molar-refractivity contribution is 0.478. The Hall–Kier alpha value is -2.24. The predicted molar refractivity (Wildman–Crippen MR) is 108 cm³/mol. The van der Waals surface area contributed by atoms with Crippen LogP contribution in [-0.2, 0) is 0 Å². The van der Waals surface area contributed by atoms with Crippen LogP contribution in [0.1, 0.15) is 36.1 Å². The molecule has 6 heteroatoms. The fraction of sp³-hybridized carbons (Fsp3) is 0.350. The molecule has 2 N–H and O–H groups in total. The van der Waals surface area contributed by atoms with Crippen LogP contribution in [0.15, 0.2) is 46.6 Å². The Balaban J connectivity index is 1.45. The summed E-state index contributed by atoms with van der Waals surface area (Å²) in [6.07, 6.45) is 2.93. The van der Waals surface area contributed by atoms with E-state index in [9.17, 15) is 0 Å². The Labute approximate surface area is 158 Å². The number of pyridine rings is 1. The highest BCUT2D eigenvalue weighted by Crippen LogP contribution is 2.21. The standard InChI is InChI=1S/C20H22ClN5/c1-13-11-14(5-6-16(13)21)18-12-19(26-25-18)17-3-2-4-20(24-17)23-15-7-9-22-10-8-15/h2-6,11,15,22H,7-10,12H2,1H3,(H,23,24). The van der Waals surface area contributed by atoms with Crippen molar-refractivity contribution in [2.75, 3.05) is 18.4 Å². The molecule has 0 bridgehead atoms. The van der Waals surface area contributed by atoms with Gasteiger partial charge in [-0.05, 0) is 68.2 Å². The summed E-state index contributed by atoms with van der Waals surface area (Å²) in [6, 6.07) is 12.5. The maximum absolute atomic E-state index is 6.12. The van der Waals surface area contributed by atoms with E-state index in [0.717, 1.165) is 65.0 Å². The van der Waals surface area contributed by atoms with E-state index in [1.54, 1.807) is 0 Å². The molecule has 0 saturated carbocycles. The van der Waals surface area contributed by atoms with Gasteiger partial charge in [0.25, 0.3) is 0 Å². The third-order valence-electron chi connectivity index (χ3n) is 4.85. The monoisotopic (exact) mass is 367 g/mol. The quantitative estimate of drug-likeness (QED) is 0.863. The van der Waals surface area contributed by atoms with Gasteiger partial charge in [-0.15, -0.1) is 0 Å². The van der Waals surface area contributed by atoms with Gasteiger partial charge in [0.2, 0.25) is 0 Å². The van der Waals surface area contributed by atoms with Crippen molar-refractivity contribution in [3.63, 3.8) is 0 Å². The van der Waals surface area contributed by atoms with Crippen LogP contribution in [0.5, 0.6) is 0 Å². The number of rotatable bonds is 4. The van der Waals surface area contributed by atoms with Gasteiger partial charge < -0.3 is 10.6 Å². The average molecular weight is 368 g/mol. The number of hydrogen-bond donors (Lipinski definition) is 2. The summed E-state index contributed by atoms with van der Waals surface area (Å²) in [5.41, 5.74) is 4.86. The Morgan fingerprint density at radius 3 is 2.69 bits per heavy atom. The summed E-state index contributed by atoms with van der Waals surface area (Å²) < 4.78 is 0. The van der Waals surface area contributed by atoms with Gasteiger partial charge in [-0.25, -0.2) is 4.98 Å². The van der Waals surface area contributed by atoms with Gasteiger partial charge in [-0.3, -0.25) is 0 Å². The number of piperidine rings is 1. The molecule has 0 amide bonds. The van der Waals surface area contributed by atoms with Crippen LogP contribution in [0.25, 0.3) is 0 Å². The van der Waals surface area contributed by atoms with Gasteiger partial charge in [0, 0.05) is 17.5 Å². The molecule has 3 heterocycles. The van der Waals surface area contributed by atoms with Crippen molar-refractivity contribution >= 4 is 28.8 Å². The summed E-state index contributed by atoms with van der Waals surface area (Å²) >= 11 is 6.12. The molecule has 2 aromatic rings. The van der Waals surface area contributed by atoms with Crippen LogP contribution in [0.3, 0.4) is 0 Å². The summed E-state index contributed by atoms with van der Waals surface area (Å²) in [5, 5.41) is 16.4. The first-order valence-corrected chi connectivity index (χ1v) is 9.41. The smallest absolute Gasteiger partial charge is 0.126 e. The van der Waals surface area contributed by atoms with E-state index in [4.69, 9.17) is 16.6 Å². The van der Waals surface area contributed by atoms with Crippen LogP contribution in [0, 0.1) is 6.92 Å². The molecule has 4 rings (SSSR count). The predicted octanol–water partition coefficient (Wildman–Crippen LogP) is 3.80. The molecule has 0 radical (unpaired) electrons. The number of nitrogens with zero attached hydrogens (tertiary/aromatic N) is 3. The summed E-state index contributed by atoms with van der Waals surface area (Å²) in [4.78, 5) is 4.75. The van der Waals surface area contributed by atoms with E-state index in [2.05, 4.69) is 26.9 Å². The van der Waals surface area contributed by atoms with Crippen molar-refractivity contribution in [2.24, 2.45) is 10.2 Å². The van der Waals surface area contributed by atoms with Crippen molar-refractivity contribution in [1.82, 2.24) is 10.3 Å².